The highest BCUT2D eigenvalue weighted by Gasteiger charge is 2.37. The van der Waals surface area contributed by atoms with Gasteiger partial charge in [0.1, 0.15) is 6.04 Å². The number of hydrogen-bond donors (Lipinski definition) is 1. The van der Waals surface area contributed by atoms with E-state index >= 15 is 0 Å². The van der Waals surface area contributed by atoms with Gasteiger partial charge in [-0.05, 0) is 43.9 Å². The zero-order valence-corrected chi connectivity index (χ0v) is 13.5. The van der Waals surface area contributed by atoms with Gasteiger partial charge in [0, 0.05) is 24.5 Å². The second kappa shape index (κ2) is 7.07. The van der Waals surface area contributed by atoms with Crippen molar-refractivity contribution in [2.24, 2.45) is 0 Å². The number of carbonyl (C=O) groups is 2. The summed E-state index contributed by atoms with van der Waals surface area (Å²) in [6.07, 6.45) is -2.15. The van der Waals surface area contributed by atoms with Crippen molar-refractivity contribution in [2.45, 2.75) is 38.9 Å². The maximum Gasteiger partial charge on any atom is 0.454 e. The molecule has 0 unspecified atom stereocenters. The quantitative estimate of drug-likeness (QED) is 0.855. The van der Waals surface area contributed by atoms with E-state index in [2.05, 4.69) is 5.32 Å². The average molecular weight is 340 g/mol. The molecule has 1 aliphatic rings. The monoisotopic (exact) mass is 340 g/mol. The van der Waals surface area contributed by atoms with Crippen LogP contribution in [0, 0.1) is 13.8 Å². The molecule has 2 rings (SSSR count). The van der Waals surface area contributed by atoms with E-state index in [0.717, 1.165) is 17.3 Å². The number of amides is 1. The number of rotatable bonds is 4. The molecule has 24 heavy (non-hydrogen) atoms. The number of carbonyl (C=O) groups excluding carboxylic acids is 2. The smallest absolute Gasteiger partial charge is 0.365 e. The van der Waals surface area contributed by atoms with Gasteiger partial charge in [-0.1, -0.05) is 12.1 Å². The highest BCUT2D eigenvalue weighted by Crippen LogP contribution is 2.23. The maximum atomic E-state index is 12.4. The van der Waals surface area contributed by atoms with Crippen LogP contribution in [-0.2, 0) is 9.59 Å². The lowest BCUT2D eigenvalue weighted by Gasteiger charge is -2.22. The Morgan fingerprint density at radius 2 is 2.00 bits per heavy atom. The van der Waals surface area contributed by atoms with Gasteiger partial charge in [0.2, 0.25) is 5.91 Å². The van der Waals surface area contributed by atoms with E-state index in [-0.39, 0.29) is 5.91 Å². The number of nitrogens with one attached hydrogen (secondary N) is 1. The topological polar surface area (TPSA) is 49.4 Å². The van der Waals surface area contributed by atoms with E-state index < -0.39 is 18.0 Å². The van der Waals surface area contributed by atoms with Gasteiger partial charge in [0.25, 0.3) is 5.78 Å². The van der Waals surface area contributed by atoms with Crippen LogP contribution in [0.3, 0.4) is 0 Å². The molecule has 1 heterocycles. The van der Waals surface area contributed by atoms with Gasteiger partial charge in [-0.3, -0.25) is 9.59 Å². The Morgan fingerprint density at radius 3 is 2.67 bits per heavy atom. The number of anilines is 1. The number of allylic oxidation sites excluding steroid dienone is 1. The standard InChI is InChI=1S/C17H19F3N2O2/c1-11-5-6-12(2)13(10-11)21-16(24)14-4-3-8-22(14)9-7-15(23)17(18,19)20/h5-7,9-10,14H,3-4,8H2,1-2H3,(H,21,24)/b9-7+/t14-/m1/s1. The summed E-state index contributed by atoms with van der Waals surface area (Å²) in [6, 6.07) is 5.08. The third kappa shape index (κ3) is 4.37. The summed E-state index contributed by atoms with van der Waals surface area (Å²) in [5, 5.41) is 2.82. The van der Waals surface area contributed by atoms with Crippen molar-refractivity contribution in [2.75, 3.05) is 11.9 Å². The third-order valence-electron chi connectivity index (χ3n) is 3.94. The van der Waals surface area contributed by atoms with E-state index in [1.807, 2.05) is 32.0 Å². The highest BCUT2D eigenvalue weighted by atomic mass is 19.4. The zero-order valence-electron chi connectivity index (χ0n) is 13.5. The summed E-state index contributed by atoms with van der Waals surface area (Å²) in [6.45, 7) is 4.21. The number of hydrogen-bond acceptors (Lipinski definition) is 3. The fourth-order valence-electron chi connectivity index (χ4n) is 2.59. The highest BCUT2D eigenvalue weighted by molar-refractivity contribution is 5.96. The molecule has 0 spiro atoms. The summed E-state index contributed by atoms with van der Waals surface area (Å²) >= 11 is 0. The Bertz CT molecular complexity index is 668. The number of likely N-dealkylation sites (tertiary alicyclic amines) is 1. The van der Waals surface area contributed by atoms with Gasteiger partial charge in [0.05, 0.1) is 0 Å². The number of benzene rings is 1. The molecule has 0 aromatic heterocycles. The molecule has 1 aromatic carbocycles. The van der Waals surface area contributed by atoms with Crippen LogP contribution in [0.5, 0.6) is 0 Å². The number of nitrogens with zero attached hydrogens (tertiary/aromatic N) is 1. The summed E-state index contributed by atoms with van der Waals surface area (Å²) in [7, 11) is 0. The number of halogens is 3. The Hall–Kier alpha value is -2.31. The number of aryl methyl sites for hydroxylation is 2. The number of ketones is 1. The first-order valence-electron chi connectivity index (χ1n) is 7.61. The molecule has 1 aliphatic heterocycles. The molecule has 1 aromatic rings. The average Bonchev–Trinajstić information content (AvgIpc) is 2.96. The minimum absolute atomic E-state index is 0.287. The summed E-state index contributed by atoms with van der Waals surface area (Å²) < 4.78 is 36.7. The van der Waals surface area contributed by atoms with E-state index in [4.69, 9.17) is 0 Å². The molecule has 1 N–H and O–H groups in total. The Balaban J connectivity index is 2.07. The van der Waals surface area contributed by atoms with Crippen molar-refractivity contribution >= 4 is 17.4 Å². The van der Waals surface area contributed by atoms with Crippen molar-refractivity contribution in [1.82, 2.24) is 4.90 Å². The van der Waals surface area contributed by atoms with Gasteiger partial charge in [-0.15, -0.1) is 0 Å². The molecular formula is C17H19F3N2O2. The van der Waals surface area contributed by atoms with Crippen LogP contribution >= 0.6 is 0 Å². The number of alkyl halides is 3. The van der Waals surface area contributed by atoms with E-state index in [1.165, 1.54) is 4.90 Å². The molecule has 4 nitrogen and oxygen atoms in total. The Kier molecular flexibility index (Phi) is 5.31. The first-order chi connectivity index (χ1) is 11.2. The van der Waals surface area contributed by atoms with Gasteiger partial charge in [-0.2, -0.15) is 13.2 Å². The minimum Gasteiger partial charge on any atom is -0.365 e. The lowest BCUT2D eigenvalue weighted by molar-refractivity contribution is -0.165. The first-order valence-corrected chi connectivity index (χ1v) is 7.61. The molecule has 1 atom stereocenters. The third-order valence-corrected chi connectivity index (χ3v) is 3.94. The molecule has 0 radical (unpaired) electrons. The van der Waals surface area contributed by atoms with Crippen LogP contribution in [0.2, 0.25) is 0 Å². The first kappa shape index (κ1) is 18.0. The summed E-state index contributed by atoms with van der Waals surface area (Å²) in [5.41, 5.74) is 2.58. The minimum atomic E-state index is -4.90. The lowest BCUT2D eigenvalue weighted by Crippen LogP contribution is -2.37. The molecule has 1 saturated heterocycles. The summed E-state index contributed by atoms with van der Waals surface area (Å²) in [5.74, 6) is -2.21. The van der Waals surface area contributed by atoms with Crippen molar-refractivity contribution < 1.29 is 22.8 Å². The Morgan fingerprint density at radius 1 is 1.29 bits per heavy atom. The van der Waals surface area contributed by atoms with Crippen molar-refractivity contribution in [3.05, 3.63) is 41.6 Å². The molecule has 130 valence electrons. The Labute approximate surface area is 138 Å². The molecule has 1 amide bonds. The molecule has 0 saturated carbocycles. The molecule has 0 aliphatic carbocycles. The normalized spacial score (nSPS) is 18.2. The van der Waals surface area contributed by atoms with E-state index in [1.54, 1.807) is 0 Å². The maximum absolute atomic E-state index is 12.4. The van der Waals surface area contributed by atoms with Crippen molar-refractivity contribution in [3.8, 4) is 0 Å². The van der Waals surface area contributed by atoms with Gasteiger partial charge >= 0.3 is 6.18 Å². The fraction of sp³-hybridized carbons (Fsp3) is 0.412. The van der Waals surface area contributed by atoms with Gasteiger partial charge < -0.3 is 10.2 Å². The van der Waals surface area contributed by atoms with Crippen molar-refractivity contribution in [3.63, 3.8) is 0 Å². The predicted molar refractivity (Wildman–Crippen MR) is 84.5 cm³/mol. The van der Waals surface area contributed by atoms with Gasteiger partial charge in [-0.25, -0.2) is 0 Å². The molecule has 7 heteroatoms. The largest absolute Gasteiger partial charge is 0.454 e. The van der Waals surface area contributed by atoms with Gasteiger partial charge in [0.15, 0.2) is 0 Å². The zero-order chi connectivity index (χ0) is 17.9. The van der Waals surface area contributed by atoms with Crippen LogP contribution in [0.25, 0.3) is 0 Å². The second-order valence-electron chi connectivity index (χ2n) is 5.88. The molecule has 1 fully saturated rings. The second-order valence-corrected chi connectivity index (χ2v) is 5.88. The fourth-order valence-corrected chi connectivity index (χ4v) is 2.59. The van der Waals surface area contributed by atoms with E-state index in [9.17, 15) is 22.8 Å². The van der Waals surface area contributed by atoms with Crippen LogP contribution in [-0.4, -0.2) is 35.4 Å². The predicted octanol–water partition coefficient (Wildman–Crippen LogP) is 3.35. The van der Waals surface area contributed by atoms with Crippen LogP contribution in [0.15, 0.2) is 30.5 Å². The summed E-state index contributed by atoms with van der Waals surface area (Å²) in [4.78, 5) is 24.8. The van der Waals surface area contributed by atoms with Crippen LogP contribution < -0.4 is 5.32 Å². The van der Waals surface area contributed by atoms with Crippen LogP contribution in [0.4, 0.5) is 18.9 Å². The van der Waals surface area contributed by atoms with Crippen molar-refractivity contribution in [1.29, 1.82) is 0 Å². The SMILES string of the molecule is Cc1ccc(C)c(NC(=O)[C@H]2CCCN2/C=C/C(=O)C(F)(F)F)c1. The molecular weight excluding hydrogens is 321 g/mol. The van der Waals surface area contributed by atoms with Crippen LogP contribution in [0.1, 0.15) is 24.0 Å². The lowest BCUT2D eigenvalue weighted by atomic mass is 10.1. The van der Waals surface area contributed by atoms with E-state index in [0.29, 0.717) is 31.1 Å². The molecule has 0 bridgehead atoms.